The summed E-state index contributed by atoms with van der Waals surface area (Å²) in [5.74, 6) is 0.0486. The highest BCUT2D eigenvalue weighted by Crippen LogP contribution is 2.20. The van der Waals surface area contributed by atoms with Crippen LogP contribution < -0.4 is 4.72 Å². The molecular formula is C14H21NO3S. The minimum absolute atomic E-state index is 0.0206. The van der Waals surface area contributed by atoms with Gasteiger partial charge in [-0.05, 0) is 43.0 Å². The molecule has 19 heavy (non-hydrogen) atoms. The standard InChI is InChI=1S/C14H21NO3S/c1-11(16)12-5-7-13(8-6-12)15-19(17,18)10-9-14(2,3)4/h5-8,15H,9-10H2,1-4H3. The zero-order chi connectivity index (χ0) is 14.7. The van der Waals surface area contributed by atoms with E-state index in [1.54, 1.807) is 24.3 Å². The van der Waals surface area contributed by atoms with E-state index in [-0.39, 0.29) is 17.0 Å². The van der Waals surface area contributed by atoms with Gasteiger partial charge in [0.15, 0.2) is 5.78 Å². The highest BCUT2D eigenvalue weighted by molar-refractivity contribution is 7.92. The topological polar surface area (TPSA) is 63.2 Å². The summed E-state index contributed by atoms with van der Waals surface area (Å²) in [6, 6.07) is 6.44. The number of nitrogens with one attached hydrogen (secondary N) is 1. The predicted molar refractivity (Wildman–Crippen MR) is 77.9 cm³/mol. The van der Waals surface area contributed by atoms with Gasteiger partial charge in [-0.1, -0.05) is 20.8 Å². The fraction of sp³-hybridized carbons (Fsp3) is 0.500. The summed E-state index contributed by atoms with van der Waals surface area (Å²) >= 11 is 0. The van der Waals surface area contributed by atoms with E-state index in [4.69, 9.17) is 0 Å². The molecule has 1 N–H and O–H groups in total. The van der Waals surface area contributed by atoms with E-state index < -0.39 is 10.0 Å². The fourth-order valence-electron chi connectivity index (χ4n) is 1.44. The van der Waals surface area contributed by atoms with E-state index in [1.807, 2.05) is 20.8 Å². The molecule has 0 bridgehead atoms. The van der Waals surface area contributed by atoms with Crippen LogP contribution in [0.25, 0.3) is 0 Å². The average molecular weight is 283 g/mol. The Bertz CT molecular complexity index is 539. The smallest absolute Gasteiger partial charge is 0.232 e. The number of hydrogen-bond acceptors (Lipinski definition) is 3. The van der Waals surface area contributed by atoms with E-state index in [9.17, 15) is 13.2 Å². The molecule has 1 aromatic rings. The van der Waals surface area contributed by atoms with Crippen LogP contribution in [-0.2, 0) is 10.0 Å². The quantitative estimate of drug-likeness (QED) is 0.845. The Labute approximate surface area is 115 Å². The van der Waals surface area contributed by atoms with Gasteiger partial charge in [0.25, 0.3) is 0 Å². The second-order valence-electron chi connectivity index (χ2n) is 5.87. The molecule has 0 saturated heterocycles. The molecule has 0 aromatic heterocycles. The van der Waals surface area contributed by atoms with Crippen LogP contribution >= 0.6 is 0 Å². The van der Waals surface area contributed by atoms with E-state index in [2.05, 4.69) is 4.72 Å². The molecule has 0 fully saturated rings. The Kier molecular flexibility index (Phi) is 4.74. The number of hydrogen-bond donors (Lipinski definition) is 1. The first-order valence-electron chi connectivity index (χ1n) is 6.21. The van der Waals surface area contributed by atoms with E-state index >= 15 is 0 Å². The average Bonchev–Trinajstić information content (AvgIpc) is 2.26. The highest BCUT2D eigenvalue weighted by atomic mass is 32.2. The molecule has 0 heterocycles. The highest BCUT2D eigenvalue weighted by Gasteiger charge is 2.17. The van der Waals surface area contributed by atoms with Gasteiger partial charge in [-0.2, -0.15) is 0 Å². The molecule has 0 unspecified atom stereocenters. The Hall–Kier alpha value is -1.36. The first kappa shape index (κ1) is 15.7. The maximum absolute atomic E-state index is 11.9. The first-order chi connectivity index (χ1) is 8.59. The third-order valence-electron chi connectivity index (χ3n) is 2.69. The van der Waals surface area contributed by atoms with Crippen LogP contribution in [0.2, 0.25) is 0 Å². The minimum Gasteiger partial charge on any atom is -0.295 e. The zero-order valence-electron chi connectivity index (χ0n) is 11.9. The number of benzene rings is 1. The lowest BCUT2D eigenvalue weighted by atomic mass is 9.94. The van der Waals surface area contributed by atoms with Crippen LogP contribution in [0, 0.1) is 5.41 Å². The lowest BCUT2D eigenvalue weighted by Gasteiger charge is -2.18. The molecule has 1 rings (SSSR count). The molecule has 0 saturated carbocycles. The third kappa shape index (κ3) is 5.87. The van der Waals surface area contributed by atoms with Gasteiger partial charge >= 0.3 is 0 Å². The molecule has 5 heteroatoms. The van der Waals surface area contributed by atoms with Crippen LogP contribution in [0.15, 0.2) is 24.3 Å². The largest absolute Gasteiger partial charge is 0.295 e. The number of ketones is 1. The second kappa shape index (κ2) is 5.74. The third-order valence-corrected chi connectivity index (χ3v) is 3.97. The normalized spacial score (nSPS) is 12.2. The Morgan fingerprint density at radius 3 is 2.11 bits per heavy atom. The first-order valence-corrected chi connectivity index (χ1v) is 7.86. The monoisotopic (exact) mass is 283 g/mol. The molecule has 0 aliphatic rings. The maximum Gasteiger partial charge on any atom is 0.232 e. The van der Waals surface area contributed by atoms with Crippen molar-refractivity contribution in [2.75, 3.05) is 10.5 Å². The number of carbonyl (C=O) groups is 1. The van der Waals surface area contributed by atoms with Crippen molar-refractivity contribution >= 4 is 21.5 Å². The molecule has 0 spiro atoms. The van der Waals surface area contributed by atoms with E-state index in [1.165, 1.54) is 6.92 Å². The van der Waals surface area contributed by atoms with Gasteiger partial charge in [0, 0.05) is 11.3 Å². The van der Waals surface area contributed by atoms with Crippen molar-refractivity contribution in [3.63, 3.8) is 0 Å². The molecule has 0 aliphatic heterocycles. The summed E-state index contributed by atoms with van der Waals surface area (Å²) in [6.07, 6.45) is 0.591. The van der Waals surface area contributed by atoms with Crippen molar-refractivity contribution < 1.29 is 13.2 Å². The van der Waals surface area contributed by atoms with Crippen LogP contribution in [0.5, 0.6) is 0 Å². The van der Waals surface area contributed by atoms with Gasteiger partial charge in [-0.25, -0.2) is 8.42 Å². The molecule has 0 aliphatic carbocycles. The van der Waals surface area contributed by atoms with Crippen molar-refractivity contribution in [1.29, 1.82) is 0 Å². The van der Waals surface area contributed by atoms with Crippen molar-refractivity contribution in [1.82, 2.24) is 0 Å². The SMILES string of the molecule is CC(=O)c1ccc(NS(=O)(=O)CCC(C)(C)C)cc1. The van der Waals surface area contributed by atoms with Gasteiger partial charge in [0.2, 0.25) is 10.0 Å². The lowest BCUT2D eigenvalue weighted by Crippen LogP contribution is -2.20. The molecular weight excluding hydrogens is 262 g/mol. The molecule has 1 aromatic carbocycles. The Balaban J connectivity index is 2.70. The van der Waals surface area contributed by atoms with Crippen LogP contribution in [0.3, 0.4) is 0 Å². The van der Waals surface area contributed by atoms with Gasteiger partial charge in [-0.15, -0.1) is 0 Å². The predicted octanol–water partition coefficient (Wildman–Crippen LogP) is 3.07. The fourth-order valence-corrected chi connectivity index (χ4v) is 2.92. The number of sulfonamides is 1. The van der Waals surface area contributed by atoms with Gasteiger partial charge in [0.1, 0.15) is 0 Å². The Morgan fingerprint density at radius 2 is 1.68 bits per heavy atom. The van der Waals surface area contributed by atoms with Crippen molar-refractivity contribution in [3.05, 3.63) is 29.8 Å². The number of rotatable bonds is 5. The molecule has 4 nitrogen and oxygen atoms in total. The van der Waals surface area contributed by atoms with Crippen LogP contribution in [0.1, 0.15) is 44.5 Å². The molecule has 0 atom stereocenters. The summed E-state index contributed by atoms with van der Waals surface area (Å²) in [4.78, 5) is 11.1. The van der Waals surface area contributed by atoms with Gasteiger partial charge in [-0.3, -0.25) is 9.52 Å². The number of anilines is 1. The number of carbonyl (C=O) groups excluding carboxylic acids is 1. The van der Waals surface area contributed by atoms with E-state index in [0.717, 1.165) is 0 Å². The summed E-state index contributed by atoms with van der Waals surface area (Å²) in [5.41, 5.74) is 1.03. The summed E-state index contributed by atoms with van der Waals surface area (Å²) in [7, 11) is -3.34. The van der Waals surface area contributed by atoms with Crippen molar-refractivity contribution in [2.24, 2.45) is 5.41 Å². The molecule has 0 amide bonds. The Morgan fingerprint density at radius 1 is 1.16 bits per heavy atom. The lowest BCUT2D eigenvalue weighted by molar-refractivity contribution is 0.101. The zero-order valence-corrected chi connectivity index (χ0v) is 12.7. The summed E-state index contributed by atoms with van der Waals surface area (Å²) in [5, 5.41) is 0. The van der Waals surface area contributed by atoms with Crippen molar-refractivity contribution in [3.8, 4) is 0 Å². The van der Waals surface area contributed by atoms with Crippen molar-refractivity contribution in [2.45, 2.75) is 34.1 Å². The number of Topliss-reactive ketones (excluding diaryl/α,β-unsaturated/α-hetero) is 1. The second-order valence-corrected chi connectivity index (χ2v) is 7.71. The maximum atomic E-state index is 11.9. The summed E-state index contributed by atoms with van der Waals surface area (Å²) in [6.45, 7) is 7.49. The molecule has 0 radical (unpaired) electrons. The van der Waals surface area contributed by atoms with E-state index in [0.29, 0.717) is 17.7 Å². The molecule has 106 valence electrons. The van der Waals surface area contributed by atoms with Crippen LogP contribution in [-0.4, -0.2) is 20.0 Å². The minimum atomic E-state index is -3.34. The summed E-state index contributed by atoms with van der Waals surface area (Å²) < 4.78 is 26.3. The van der Waals surface area contributed by atoms with Gasteiger partial charge in [0.05, 0.1) is 5.75 Å². The van der Waals surface area contributed by atoms with Gasteiger partial charge < -0.3 is 0 Å². The van der Waals surface area contributed by atoms with Crippen LogP contribution in [0.4, 0.5) is 5.69 Å².